The van der Waals surface area contributed by atoms with E-state index in [4.69, 9.17) is 9.47 Å². The lowest BCUT2D eigenvalue weighted by Crippen LogP contribution is -2.68. The lowest BCUT2D eigenvalue weighted by atomic mass is 9.46. The van der Waals surface area contributed by atoms with Gasteiger partial charge in [-0.15, -0.1) is 0 Å². The molecule has 2 aliphatic carbocycles. The van der Waals surface area contributed by atoms with Crippen LogP contribution in [0.15, 0.2) is 24.3 Å². The minimum atomic E-state index is -0.472. The third-order valence-corrected chi connectivity index (χ3v) is 6.23. The van der Waals surface area contributed by atoms with E-state index in [-0.39, 0.29) is 0 Å². The number of hydrogen-bond acceptors (Lipinski definition) is 5. The number of hydrogen-bond donors (Lipinski definition) is 2. The molecule has 1 aliphatic heterocycles. The molecule has 1 aromatic rings. The van der Waals surface area contributed by atoms with Gasteiger partial charge >= 0.3 is 0 Å². The van der Waals surface area contributed by atoms with Crippen molar-refractivity contribution in [1.82, 2.24) is 4.90 Å². The number of aliphatic hydroxyl groups excluding tert-OH is 1. The molecule has 5 heteroatoms. The van der Waals surface area contributed by atoms with Gasteiger partial charge < -0.3 is 24.8 Å². The second-order valence-electron chi connectivity index (χ2n) is 8.20. The fourth-order valence-electron chi connectivity index (χ4n) is 4.95. The van der Waals surface area contributed by atoms with Crippen molar-refractivity contribution in [3.05, 3.63) is 24.3 Å². The van der Waals surface area contributed by atoms with Gasteiger partial charge in [0.15, 0.2) is 0 Å². The number of anilines is 1. The molecule has 4 atom stereocenters. The van der Waals surface area contributed by atoms with Gasteiger partial charge in [0.05, 0.1) is 6.10 Å². The lowest BCUT2D eigenvalue weighted by molar-refractivity contribution is -0.158. The molecule has 3 aliphatic rings. The van der Waals surface area contributed by atoms with Crippen molar-refractivity contribution in [1.29, 1.82) is 0 Å². The van der Waals surface area contributed by atoms with Crippen molar-refractivity contribution in [3.63, 3.8) is 0 Å². The topological polar surface area (TPSA) is 54.0 Å². The van der Waals surface area contributed by atoms with E-state index in [9.17, 15) is 5.11 Å². The van der Waals surface area contributed by atoms with Crippen LogP contribution < -0.4 is 10.1 Å². The minimum Gasteiger partial charge on any atom is -0.491 e. The average molecular weight is 346 g/mol. The highest BCUT2D eigenvalue weighted by Gasteiger charge is 2.66. The van der Waals surface area contributed by atoms with E-state index >= 15 is 0 Å². The van der Waals surface area contributed by atoms with Crippen LogP contribution in [0.1, 0.15) is 25.7 Å². The van der Waals surface area contributed by atoms with Crippen LogP contribution in [-0.4, -0.2) is 62.1 Å². The molecule has 2 N–H and O–H groups in total. The fourth-order valence-corrected chi connectivity index (χ4v) is 4.95. The SMILES string of the molecule is CN(C)CC(O)COc1ccc(NC2C3CCOC3C23CCC3)cc1. The van der Waals surface area contributed by atoms with Crippen LogP contribution in [0.5, 0.6) is 5.75 Å². The molecule has 0 amide bonds. The zero-order chi connectivity index (χ0) is 17.4. The molecule has 1 aromatic carbocycles. The van der Waals surface area contributed by atoms with Gasteiger partial charge in [0.2, 0.25) is 0 Å². The molecule has 4 rings (SSSR count). The Kier molecular flexibility index (Phi) is 4.65. The summed E-state index contributed by atoms with van der Waals surface area (Å²) in [7, 11) is 3.89. The van der Waals surface area contributed by atoms with E-state index in [1.807, 2.05) is 31.1 Å². The molecule has 1 heterocycles. The van der Waals surface area contributed by atoms with Crippen molar-refractivity contribution in [3.8, 4) is 5.75 Å². The first-order chi connectivity index (χ1) is 12.1. The monoisotopic (exact) mass is 346 g/mol. The van der Waals surface area contributed by atoms with Gasteiger partial charge in [0, 0.05) is 36.2 Å². The second-order valence-corrected chi connectivity index (χ2v) is 8.20. The van der Waals surface area contributed by atoms with Crippen molar-refractivity contribution >= 4 is 5.69 Å². The highest BCUT2D eigenvalue weighted by Crippen LogP contribution is 2.63. The summed E-state index contributed by atoms with van der Waals surface area (Å²) in [6, 6.07) is 8.70. The second kappa shape index (κ2) is 6.78. The first kappa shape index (κ1) is 17.1. The van der Waals surface area contributed by atoms with E-state index in [0.717, 1.165) is 18.0 Å². The molecule has 0 bridgehead atoms. The average Bonchev–Trinajstić information content (AvgIpc) is 2.95. The fraction of sp³-hybridized carbons (Fsp3) is 0.700. The Bertz CT molecular complexity index is 585. The van der Waals surface area contributed by atoms with Gasteiger partial charge in [-0.25, -0.2) is 0 Å². The third-order valence-electron chi connectivity index (χ3n) is 6.23. The van der Waals surface area contributed by atoms with E-state index in [1.54, 1.807) is 0 Å². The van der Waals surface area contributed by atoms with Crippen molar-refractivity contribution in [2.45, 2.75) is 43.9 Å². The van der Waals surface area contributed by atoms with Crippen LogP contribution in [0, 0.1) is 11.3 Å². The van der Waals surface area contributed by atoms with E-state index in [1.165, 1.54) is 25.7 Å². The minimum absolute atomic E-state index is 0.317. The number of likely N-dealkylation sites (N-methyl/N-ethyl adjacent to an activating group) is 1. The maximum atomic E-state index is 9.88. The predicted octanol–water partition coefficient (Wildman–Crippen LogP) is 2.36. The van der Waals surface area contributed by atoms with Crippen LogP contribution >= 0.6 is 0 Å². The Morgan fingerprint density at radius 1 is 1.32 bits per heavy atom. The van der Waals surface area contributed by atoms with Gasteiger partial charge in [0.1, 0.15) is 18.5 Å². The summed E-state index contributed by atoms with van der Waals surface area (Å²) in [6.45, 7) is 1.85. The Labute approximate surface area is 150 Å². The first-order valence-electron chi connectivity index (χ1n) is 9.52. The molecule has 1 spiro atoms. The van der Waals surface area contributed by atoms with Crippen LogP contribution in [0.3, 0.4) is 0 Å². The molecule has 2 saturated carbocycles. The summed E-state index contributed by atoms with van der Waals surface area (Å²) in [5.41, 5.74) is 1.55. The van der Waals surface area contributed by atoms with Crippen LogP contribution in [0.2, 0.25) is 0 Å². The number of benzene rings is 1. The Hall–Kier alpha value is -1.30. The number of fused-ring (bicyclic) bond motifs is 2. The van der Waals surface area contributed by atoms with Gasteiger partial charge in [-0.1, -0.05) is 6.42 Å². The van der Waals surface area contributed by atoms with Crippen molar-refractivity contribution in [2.75, 3.05) is 39.2 Å². The number of rotatable bonds is 7. The smallest absolute Gasteiger partial charge is 0.119 e. The highest BCUT2D eigenvalue weighted by molar-refractivity contribution is 5.49. The quantitative estimate of drug-likeness (QED) is 0.794. The van der Waals surface area contributed by atoms with Crippen molar-refractivity contribution in [2.24, 2.45) is 11.3 Å². The number of ether oxygens (including phenoxy) is 2. The molecular formula is C20H30N2O3. The Morgan fingerprint density at radius 3 is 2.72 bits per heavy atom. The summed E-state index contributed by atoms with van der Waals surface area (Å²) in [4.78, 5) is 1.95. The number of nitrogens with one attached hydrogen (secondary N) is 1. The maximum Gasteiger partial charge on any atom is 0.119 e. The van der Waals surface area contributed by atoms with Gasteiger partial charge in [0.25, 0.3) is 0 Å². The van der Waals surface area contributed by atoms with E-state index in [0.29, 0.717) is 36.6 Å². The summed E-state index contributed by atoms with van der Waals surface area (Å²) < 4.78 is 11.7. The summed E-state index contributed by atoms with van der Waals surface area (Å²) in [5.74, 6) is 1.48. The largest absolute Gasteiger partial charge is 0.491 e. The Balaban J connectivity index is 1.32. The van der Waals surface area contributed by atoms with Gasteiger partial charge in [-0.2, -0.15) is 0 Å². The van der Waals surface area contributed by atoms with E-state index in [2.05, 4.69) is 17.4 Å². The molecule has 5 nitrogen and oxygen atoms in total. The molecule has 3 fully saturated rings. The van der Waals surface area contributed by atoms with Crippen LogP contribution in [0.25, 0.3) is 0 Å². The van der Waals surface area contributed by atoms with Gasteiger partial charge in [-0.3, -0.25) is 0 Å². The third kappa shape index (κ3) is 3.14. The molecule has 4 unspecified atom stereocenters. The highest BCUT2D eigenvalue weighted by atomic mass is 16.5. The number of nitrogens with zero attached hydrogens (tertiary/aromatic N) is 1. The summed E-state index contributed by atoms with van der Waals surface area (Å²) >= 11 is 0. The zero-order valence-electron chi connectivity index (χ0n) is 15.3. The first-order valence-corrected chi connectivity index (χ1v) is 9.52. The summed E-state index contributed by atoms with van der Waals surface area (Å²) in [5, 5.41) is 13.7. The molecule has 138 valence electrons. The zero-order valence-corrected chi connectivity index (χ0v) is 15.3. The molecule has 0 aromatic heterocycles. The number of aliphatic hydroxyl groups is 1. The van der Waals surface area contributed by atoms with Crippen molar-refractivity contribution < 1.29 is 14.6 Å². The van der Waals surface area contributed by atoms with E-state index < -0.39 is 6.10 Å². The maximum absolute atomic E-state index is 9.88. The van der Waals surface area contributed by atoms with Crippen LogP contribution in [0.4, 0.5) is 5.69 Å². The molecular weight excluding hydrogens is 316 g/mol. The molecule has 0 radical (unpaired) electrons. The standard InChI is InChI=1S/C20H30N2O3/c1-22(2)12-15(23)13-25-16-6-4-14(5-7-16)21-18-17-8-11-24-19(17)20(18)9-3-10-20/h4-7,15,17-19,21,23H,3,8-13H2,1-2H3. The molecule has 1 saturated heterocycles. The Morgan fingerprint density at radius 2 is 2.08 bits per heavy atom. The van der Waals surface area contributed by atoms with Gasteiger partial charge in [-0.05, 0) is 57.6 Å². The normalized spacial score (nSPS) is 30.5. The van der Waals surface area contributed by atoms with Crippen LogP contribution in [-0.2, 0) is 4.74 Å². The molecule has 25 heavy (non-hydrogen) atoms. The lowest BCUT2D eigenvalue weighted by Gasteiger charge is -2.63. The predicted molar refractivity (Wildman–Crippen MR) is 98.0 cm³/mol. The summed E-state index contributed by atoms with van der Waals surface area (Å²) in [6.07, 6.45) is 5.16.